The first-order valence-electron chi connectivity index (χ1n) is 6.77. The highest BCUT2D eigenvalue weighted by molar-refractivity contribution is 7.89. The van der Waals surface area contributed by atoms with Crippen LogP contribution in [0.1, 0.15) is 17.9 Å². The number of aromatic nitrogens is 1. The first kappa shape index (κ1) is 17.1. The first-order valence-corrected chi connectivity index (χ1v) is 8.26. The lowest BCUT2D eigenvalue weighted by molar-refractivity contribution is -0.116. The highest BCUT2D eigenvalue weighted by Crippen LogP contribution is 2.18. The van der Waals surface area contributed by atoms with Gasteiger partial charge in [0.15, 0.2) is 5.76 Å². The van der Waals surface area contributed by atoms with Gasteiger partial charge in [0.25, 0.3) is 0 Å². The third-order valence-electron chi connectivity index (χ3n) is 3.01. The second-order valence-corrected chi connectivity index (χ2v) is 6.56. The molecule has 0 saturated heterocycles. The summed E-state index contributed by atoms with van der Waals surface area (Å²) in [5.74, 6) is -0.612. The summed E-state index contributed by atoms with van der Waals surface area (Å²) in [7, 11) is -3.79. The standard InChI is InChI=1S/C14H16FN3O4S/c1-9-14(10(2)22-18-9)23(20,21)16-8-7-13(19)17-12-5-3-11(15)4-6-12/h3-6,16H,7-8H2,1-2H3,(H,17,19). The van der Waals surface area contributed by atoms with Crippen LogP contribution in [0.15, 0.2) is 33.7 Å². The van der Waals surface area contributed by atoms with Gasteiger partial charge in [-0.3, -0.25) is 4.79 Å². The molecule has 0 spiro atoms. The van der Waals surface area contributed by atoms with E-state index in [0.29, 0.717) is 5.69 Å². The number of carbonyl (C=O) groups is 1. The highest BCUT2D eigenvalue weighted by atomic mass is 32.2. The number of hydrogen-bond donors (Lipinski definition) is 2. The van der Waals surface area contributed by atoms with E-state index in [4.69, 9.17) is 4.52 Å². The van der Waals surface area contributed by atoms with Crippen molar-refractivity contribution >= 4 is 21.6 Å². The Balaban J connectivity index is 1.89. The summed E-state index contributed by atoms with van der Waals surface area (Å²) >= 11 is 0. The lowest BCUT2D eigenvalue weighted by Crippen LogP contribution is -2.28. The molecular weight excluding hydrogens is 325 g/mol. The van der Waals surface area contributed by atoms with E-state index >= 15 is 0 Å². The fourth-order valence-corrected chi connectivity index (χ4v) is 3.34. The lowest BCUT2D eigenvalue weighted by Gasteiger charge is -2.07. The molecule has 2 aromatic rings. The van der Waals surface area contributed by atoms with E-state index in [1.165, 1.54) is 38.1 Å². The average molecular weight is 341 g/mol. The smallest absolute Gasteiger partial charge is 0.245 e. The van der Waals surface area contributed by atoms with Crippen molar-refractivity contribution in [1.29, 1.82) is 0 Å². The van der Waals surface area contributed by atoms with Crippen LogP contribution in [0.2, 0.25) is 0 Å². The van der Waals surface area contributed by atoms with Crippen molar-refractivity contribution in [3.05, 3.63) is 41.5 Å². The zero-order chi connectivity index (χ0) is 17.0. The van der Waals surface area contributed by atoms with Crippen molar-refractivity contribution in [2.75, 3.05) is 11.9 Å². The Hall–Kier alpha value is -2.26. The number of rotatable bonds is 6. The molecule has 1 aromatic carbocycles. The minimum atomic E-state index is -3.79. The van der Waals surface area contributed by atoms with Crippen LogP contribution in [0.25, 0.3) is 0 Å². The number of benzene rings is 1. The second-order valence-electron chi connectivity index (χ2n) is 4.86. The SMILES string of the molecule is Cc1noc(C)c1S(=O)(=O)NCCC(=O)Nc1ccc(F)cc1. The maximum Gasteiger partial charge on any atom is 0.245 e. The molecule has 9 heteroatoms. The molecule has 0 saturated carbocycles. The Kier molecular flexibility index (Phi) is 5.12. The molecule has 0 bridgehead atoms. The Morgan fingerprint density at radius 2 is 1.91 bits per heavy atom. The Morgan fingerprint density at radius 1 is 1.26 bits per heavy atom. The minimum Gasteiger partial charge on any atom is -0.360 e. The zero-order valence-electron chi connectivity index (χ0n) is 12.6. The summed E-state index contributed by atoms with van der Waals surface area (Å²) in [6, 6.07) is 5.27. The minimum absolute atomic E-state index is 0.0172. The zero-order valence-corrected chi connectivity index (χ0v) is 13.4. The van der Waals surface area contributed by atoms with Gasteiger partial charge in [-0.25, -0.2) is 17.5 Å². The summed E-state index contributed by atoms with van der Waals surface area (Å²) in [5, 5.41) is 6.13. The van der Waals surface area contributed by atoms with E-state index in [0.717, 1.165) is 0 Å². The van der Waals surface area contributed by atoms with Gasteiger partial charge in [0.2, 0.25) is 15.9 Å². The van der Waals surface area contributed by atoms with Gasteiger partial charge in [0.1, 0.15) is 16.4 Å². The van der Waals surface area contributed by atoms with Crippen molar-refractivity contribution in [2.45, 2.75) is 25.2 Å². The maximum atomic E-state index is 12.8. The Bertz CT molecular complexity index is 780. The third kappa shape index (κ3) is 4.36. The molecule has 1 heterocycles. The van der Waals surface area contributed by atoms with E-state index in [1.54, 1.807) is 0 Å². The predicted molar refractivity (Wildman–Crippen MR) is 80.8 cm³/mol. The number of nitrogens with one attached hydrogen (secondary N) is 2. The van der Waals surface area contributed by atoms with Crippen LogP contribution in [-0.2, 0) is 14.8 Å². The first-order chi connectivity index (χ1) is 10.8. The molecule has 2 rings (SSSR count). The fourth-order valence-electron chi connectivity index (χ4n) is 1.99. The predicted octanol–water partition coefficient (Wildman–Crippen LogP) is 1.74. The number of carbonyl (C=O) groups excluding carboxylic acids is 1. The number of hydrogen-bond acceptors (Lipinski definition) is 5. The molecule has 0 aliphatic rings. The Morgan fingerprint density at radius 3 is 2.48 bits per heavy atom. The summed E-state index contributed by atoms with van der Waals surface area (Å²) in [4.78, 5) is 11.7. The largest absolute Gasteiger partial charge is 0.360 e. The monoisotopic (exact) mass is 341 g/mol. The molecule has 1 amide bonds. The van der Waals surface area contributed by atoms with E-state index in [2.05, 4.69) is 15.2 Å². The van der Waals surface area contributed by atoms with Crippen LogP contribution < -0.4 is 10.0 Å². The quantitative estimate of drug-likeness (QED) is 0.833. The highest BCUT2D eigenvalue weighted by Gasteiger charge is 2.23. The van der Waals surface area contributed by atoms with Gasteiger partial charge in [0, 0.05) is 18.7 Å². The second kappa shape index (κ2) is 6.88. The summed E-state index contributed by atoms with van der Waals surface area (Å²) in [6.45, 7) is 2.93. The lowest BCUT2D eigenvalue weighted by atomic mass is 10.3. The van der Waals surface area contributed by atoms with Crippen LogP contribution in [0.4, 0.5) is 10.1 Å². The van der Waals surface area contributed by atoms with Crippen LogP contribution in [-0.4, -0.2) is 26.0 Å². The number of amides is 1. The van der Waals surface area contributed by atoms with Crippen LogP contribution >= 0.6 is 0 Å². The van der Waals surface area contributed by atoms with Crippen molar-refractivity contribution in [3.63, 3.8) is 0 Å². The molecule has 0 aliphatic heterocycles. The molecule has 23 heavy (non-hydrogen) atoms. The van der Waals surface area contributed by atoms with Gasteiger partial charge in [-0.05, 0) is 38.1 Å². The van der Waals surface area contributed by atoms with Gasteiger partial charge in [-0.15, -0.1) is 0 Å². The van der Waals surface area contributed by atoms with E-state index in [1.807, 2.05) is 0 Å². The number of sulfonamides is 1. The van der Waals surface area contributed by atoms with Gasteiger partial charge in [-0.1, -0.05) is 5.16 Å². The molecular formula is C14H16FN3O4S. The van der Waals surface area contributed by atoms with Crippen molar-refractivity contribution in [3.8, 4) is 0 Å². The van der Waals surface area contributed by atoms with E-state index < -0.39 is 21.7 Å². The molecule has 0 radical (unpaired) electrons. The van der Waals surface area contributed by atoms with E-state index in [-0.39, 0.29) is 29.3 Å². The normalized spacial score (nSPS) is 11.4. The molecule has 0 fully saturated rings. The fraction of sp³-hybridized carbons (Fsp3) is 0.286. The van der Waals surface area contributed by atoms with E-state index in [9.17, 15) is 17.6 Å². The summed E-state index contributed by atoms with van der Waals surface area (Å²) in [5.41, 5.74) is 0.691. The van der Waals surface area contributed by atoms with Gasteiger partial charge >= 0.3 is 0 Å². The van der Waals surface area contributed by atoms with Gasteiger partial charge in [-0.2, -0.15) is 0 Å². The van der Waals surface area contributed by atoms with Crippen molar-refractivity contribution in [2.24, 2.45) is 0 Å². The number of halogens is 1. The Labute approximate surface area is 132 Å². The molecule has 2 N–H and O–H groups in total. The van der Waals surface area contributed by atoms with Crippen molar-refractivity contribution in [1.82, 2.24) is 9.88 Å². The number of nitrogens with zero attached hydrogens (tertiary/aromatic N) is 1. The average Bonchev–Trinajstić information content (AvgIpc) is 2.81. The third-order valence-corrected chi connectivity index (χ3v) is 4.71. The van der Waals surface area contributed by atoms with Gasteiger partial charge < -0.3 is 9.84 Å². The molecule has 1 aromatic heterocycles. The number of anilines is 1. The molecule has 0 aliphatic carbocycles. The number of aryl methyl sites for hydroxylation is 2. The molecule has 0 unspecified atom stereocenters. The summed E-state index contributed by atoms with van der Waals surface area (Å²) < 4.78 is 44.1. The van der Waals surface area contributed by atoms with Crippen LogP contribution in [0.5, 0.6) is 0 Å². The topological polar surface area (TPSA) is 101 Å². The molecule has 0 atom stereocenters. The molecule has 124 valence electrons. The maximum absolute atomic E-state index is 12.8. The van der Waals surface area contributed by atoms with Crippen LogP contribution in [0, 0.1) is 19.7 Å². The van der Waals surface area contributed by atoms with Crippen molar-refractivity contribution < 1.29 is 22.1 Å². The van der Waals surface area contributed by atoms with Gasteiger partial charge in [0.05, 0.1) is 0 Å². The van der Waals surface area contributed by atoms with Crippen LogP contribution in [0.3, 0.4) is 0 Å². The summed E-state index contributed by atoms with van der Waals surface area (Å²) in [6.07, 6.45) is -0.0695. The molecule has 7 nitrogen and oxygen atoms in total.